The minimum absolute atomic E-state index is 0.352. The van der Waals surface area contributed by atoms with Crippen LogP contribution in [-0.2, 0) is 6.54 Å². The minimum Gasteiger partial charge on any atom is -0.306 e. The maximum absolute atomic E-state index is 6.23. The Labute approximate surface area is 134 Å². The number of hydrogen-bond donors (Lipinski definition) is 1. The molecule has 0 fully saturated rings. The van der Waals surface area contributed by atoms with Gasteiger partial charge in [-0.1, -0.05) is 64.3 Å². The second kappa shape index (κ2) is 7.26. The maximum Gasteiger partial charge on any atom is 0.0451 e. The normalized spacial score (nSPS) is 12.4. The first-order valence-electron chi connectivity index (χ1n) is 6.84. The fourth-order valence-corrected chi connectivity index (χ4v) is 2.80. The van der Waals surface area contributed by atoms with E-state index in [1.54, 1.807) is 0 Å². The summed E-state index contributed by atoms with van der Waals surface area (Å²) in [4.78, 5) is 0. The van der Waals surface area contributed by atoms with Crippen molar-refractivity contribution in [3.63, 3.8) is 0 Å². The molecule has 0 bridgehead atoms. The molecule has 1 N–H and O–H groups in total. The summed E-state index contributed by atoms with van der Waals surface area (Å²) in [6, 6.07) is 15.0. The Kier molecular flexibility index (Phi) is 5.64. The number of hydrogen-bond acceptors (Lipinski definition) is 1. The molecule has 0 saturated heterocycles. The van der Waals surface area contributed by atoms with Gasteiger partial charge >= 0.3 is 0 Å². The summed E-state index contributed by atoms with van der Waals surface area (Å²) in [6.07, 6.45) is 1.05. The number of rotatable bonds is 5. The van der Waals surface area contributed by atoms with Gasteiger partial charge in [-0.05, 0) is 42.7 Å². The Balaban J connectivity index is 2.07. The number of nitrogens with one attached hydrogen (secondary N) is 1. The van der Waals surface area contributed by atoms with Crippen LogP contribution in [0.5, 0.6) is 0 Å². The summed E-state index contributed by atoms with van der Waals surface area (Å²) in [7, 11) is 0. The van der Waals surface area contributed by atoms with Crippen molar-refractivity contribution in [1.29, 1.82) is 0 Å². The lowest BCUT2D eigenvalue weighted by atomic mass is 10.0. The molecule has 0 radical (unpaired) electrons. The Morgan fingerprint density at radius 2 is 1.85 bits per heavy atom. The highest BCUT2D eigenvalue weighted by molar-refractivity contribution is 9.10. The summed E-state index contributed by atoms with van der Waals surface area (Å²) in [5.41, 5.74) is 3.73. The van der Waals surface area contributed by atoms with Gasteiger partial charge in [0.25, 0.3) is 0 Å². The van der Waals surface area contributed by atoms with E-state index in [-0.39, 0.29) is 0 Å². The van der Waals surface area contributed by atoms with Crippen molar-refractivity contribution < 1.29 is 0 Å². The van der Waals surface area contributed by atoms with Crippen LogP contribution in [0.1, 0.15) is 36.1 Å². The molecule has 0 heterocycles. The average Bonchev–Trinajstić information content (AvgIpc) is 2.45. The minimum atomic E-state index is 0.352. The van der Waals surface area contributed by atoms with E-state index in [9.17, 15) is 0 Å². The smallest absolute Gasteiger partial charge is 0.0451 e. The van der Waals surface area contributed by atoms with Crippen molar-refractivity contribution >= 4 is 27.5 Å². The zero-order valence-electron chi connectivity index (χ0n) is 11.8. The molecular formula is C17H19BrClN. The van der Waals surface area contributed by atoms with Crippen molar-refractivity contribution in [2.75, 3.05) is 0 Å². The van der Waals surface area contributed by atoms with Crippen LogP contribution in [0.15, 0.2) is 46.9 Å². The van der Waals surface area contributed by atoms with Gasteiger partial charge in [0.1, 0.15) is 0 Å². The first-order chi connectivity index (χ1) is 9.60. The molecule has 1 nitrogen and oxygen atoms in total. The van der Waals surface area contributed by atoms with Gasteiger partial charge in [0.15, 0.2) is 0 Å². The molecule has 2 aromatic rings. The number of benzene rings is 2. The standard InChI is InChI=1S/C17H19BrClN/c1-3-17(13-6-4-12(2)5-7-13)20-11-14-10-15(18)8-9-16(14)19/h4-10,17,20H,3,11H2,1-2H3. The molecule has 0 saturated carbocycles. The third-order valence-corrected chi connectivity index (χ3v) is 4.30. The summed E-state index contributed by atoms with van der Waals surface area (Å²) >= 11 is 9.72. The van der Waals surface area contributed by atoms with Crippen LogP contribution in [0.25, 0.3) is 0 Å². The molecule has 0 aliphatic heterocycles. The van der Waals surface area contributed by atoms with E-state index in [1.807, 2.05) is 12.1 Å². The lowest BCUT2D eigenvalue weighted by Crippen LogP contribution is -2.20. The van der Waals surface area contributed by atoms with Crippen LogP contribution in [0, 0.1) is 6.92 Å². The zero-order chi connectivity index (χ0) is 14.5. The predicted octanol–water partition coefficient (Wildman–Crippen LogP) is 5.65. The Bertz CT molecular complexity index is 566. The third-order valence-electron chi connectivity index (χ3n) is 3.43. The highest BCUT2D eigenvalue weighted by Gasteiger charge is 2.09. The summed E-state index contributed by atoms with van der Waals surface area (Å²) in [5.74, 6) is 0. The van der Waals surface area contributed by atoms with E-state index >= 15 is 0 Å². The van der Waals surface area contributed by atoms with Crippen molar-refractivity contribution in [2.24, 2.45) is 0 Å². The van der Waals surface area contributed by atoms with E-state index in [0.29, 0.717) is 6.04 Å². The third kappa shape index (κ3) is 4.08. The molecule has 1 atom stereocenters. The van der Waals surface area contributed by atoms with E-state index in [0.717, 1.165) is 28.0 Å². The molecule has 0 spiro atoms. The Morgan fingerprint density at radius 3 is 2.50 bits per heavy atom. The van der Waals surface area contributed by atoms with Crippen LogP contribution < -0.4 is 5.32 Å². The highest BCUT2D eigenvalue weighted by Crippen LogP contribution is 2.23. The van der Waals surface area contributed by atoms with Gasteiger partial charge in [-0.3, -0.25) is 0 Å². The van der Waals surface area contributed by atoms with Gasteiger partial charge in [-0.15, -0.1) is 0 Å². The summed E-state index contributed by atoms with van der Waals surface area (Å²) in [5, 5.41) is 4.39. The fraction of sp³-hybridized carbons (Fsp3) is 0.294. The Morgan fingerprint density at radius 1 is 1.15 bits per heavy atom. The number of halogens is 2. The molecule has 2 aromatic carbocycles. The van der Waals surface area contributed by atoms with E-state index in [4.69, 9.17) is 11.6 Å². The van der Waals surface area contributed by atoms with E-state index in [2.05, 4.69) is 65.4 Å². The van der Waals surface area contributed by atoms with E-state index in [1.165, 1.54) is 11.1 Å². The van der Waals surface area contributed by atoms with Crippen LogP contribution in [0.2, 0.25) is 5.02 Å². The average molecular weight is 353 g/mol. The van der Waals surface area contributed by atoms with Crippen molar-refractivity contribution in [2.45, 2.75) is 32.9 Å². The van der Waals surface area contributed by atoms with Gasteiger partial charge in [0.05, 0.1) is 0 Å². The van der Waals surface area contributed by atoms with Gasteiger partial charge in [-0.2, -0.15) is 0 Å². The van der Waals surface area contributed by atoms with Crippen LogP contribution in [0.3, 0.4) is 0 Å². The number of aryl methyl sites for hydroxylation is 1. The SMILES string of the molecule is CCC(NCc1cc(Br)ccc1Cl)c1ccc(C)cc1. The topological polar surface area (TPSA) is 12.0 Å². The molecule has 3 heteroatoms. The van der Waals surface area contributed by atoms with Gasteiger partial charge in [0, 0.05) is 22.1 Å². The van der Waals surface area contributed by atoms with Crippen molar-refractivity contribution in [3.8, 4) is 0 Å². The molecule has 0 aliphatic carbocycles. The molecule has 106 valence electrons. The fourth-order valence-electron chi connectivity index (χ4n) is 2.21. The summed E-state index contributed by atoms with van der Waals surface area (Å²) in [6.45, 7) is 5.07. The lowest BCUT2D eigenvalue weighted by Gasteiger charge is -2.18. The molecule has 0 aromatic heterocycles. The van der Waals surface area contributed by atoms with Crippen molar-refractivity contribution in [3.05, 3.63) is 68.7 Å². The zero-order valence-corrected chi connectivity index (χ0v) is 14.1. The maximum atomic E-state index is 6.23. The molecule has 0 amide bonds. The second-order valence-corrected chi connectivity index (χ2v) is 6.31. The molecule has 0 aliphatic rings. The highest BCUT2D eigenvalue weighted by atomic mass is 79.9. The Hall–Kier alpha value is -0.830. The molecular weight excluding hydrogens is 334 g/mol. The summed E-state index contributed by atoms with van der Waals surface area (Å²) < 4.78 is 1.06. The second-order valence-electron chi connectivity index (χ2n) is 4.99. The quantitative estimate of drug-likeness (QED) is 0.733. The van der Waals surface area contributed by atoms with Gasteiger partial charge < -0.3 is 5.32 Å². The van der Waals surface area contributed by atoms with Crippen LogP contribution in [-0.4, -0.2) is 0 Å². The molecule has 2 rings (SSSR count). The first-order valence-corrected chi connectivity index (χ1v) is 8.01. The van der Waals surface area contributed by atoms with Crippen LogP contribution in [0.4, 0.5) is 0 Å². The lowest BCUT2D eigenvalue weighted by molar-refractivity contribution is 0.519. The molecule has 1 unspecified atom stereocenters. The molecule has 20 heavy (non-hydrogen) atoms. The van der Waals surface area contributed by atoms with Crippen LogP contribution >= 0.6 is 27.5 Å². The van der Waals surface area contributed by atoms with Gasteiger partial charge in [-0.25, -0.2) is 0 Å². The largest absolute Gasteiger partial charge is 0.306 e. The first kappa shape index (κ1) is 15.6. The van der Waals surface area contributed by atoms with Gasteiger partial charge in [0.2, 0.25) is 0 Å². The monoisotopic (exact) mass is 351 g/mol. The predicted molar refractivity (Wildman–Crippen MR) is 90.2 cm³/mol. The van der Waals surface area contributed by atoms with Crippen molar-refractivity contribution in [1.82, 2.24) is 5.32 Å². The van der Waals surface area contributed by atoms with E-state index < -0.39 is 0 Å².